The summed E-state index contributed by atoms with van der Waals surface area (Å²) >= 11 is 0. The molecule has 4 heteroatoms. The van der Waals surface area contributed by atoms with Gasteiger partial charge < -0.3 is 16.0 Å². The van der Waals surface area contributed by atoms with Gasteiger partial charge in [-0.05, 0) is 39.8 Å². The molecule has 2 unspecified atom stereocenters. The quantitative estimate of drug-likeness (QED) is 0.675. The van der Waals surface area contributed by atoms with Crippen LogP contribution in [0.15, 0.2) is 0 Å². The standard InChI is InChI=1S/C12H25N3O/c1-12(7-4-6-10(12)13)11(16)15(3)9-5-8-14-2/h10,14H,4-9,13H2,1-3H3. The van der Waals surface area contributed by atoms with E-state index in [1.165, 1.54) is 0 Å². The number of nitrogens with zero attached hydrogens (tertiary/aromatic N) is 1. The molecule has 0 saturated heterocycles. The molecule has 0 bridgehead atoms. The van der Waals surface area contributed by atoms with E-state index in [1.54, 1.807) is 0 Å². The number of carbonyl (C=O) groups is 1. The molecular weight excluding hydrogens is 202 g/mol. The molecule has 3 N–H and O–H groups in total. The van der Waals surface area contributed by atoms with Crippen LogP contribution >= 0.6 is 0 Å². The number of carbonyl (C=O) groups excluding carboxylic acids is 1. The zero-order valence-corrected chi connectivity index (χ0v) is 10.8. The van der Waals surface area contributed by atoms with Gasteiger partial charge in [0.1, 0.15) is 0 Å². The summed E-state index contributed by atoms with van der Waals surface area (Å²) in [6.07, 6.45) is 3.98. The van der Waals surface area contributed by atoms with Gasteiger partial charge >= 0.3 is 0 Å². The van der Waals surface area contributed by atoms with Gasteiger partial charge in [0, 0.05) is 19.6 Å². The molecule has 94 valence electrons. The molecule has 1 rings (SSSR count). The fraction of sp³-hybridized carbons (Fsp3) is 0.917. The van der Waals surface area contributed by atoms with E-state index >= 15 is 0 Å². The van der Waals surface area contributed by atoms with Crippen molar-refractivity contribution in [3.63, 3.8) is 0 Å². The average Bonchev–Trinajstić information content (AvgIpc) is 2.59. The first kappa shape index (κ1) is 13.5. The highest BCUT2D eigenvalue weighted by Crippen LogP contribution is 2.38. The van der Waals surface area contributed by atoms with Crippen molar-refractivity contribution in [1.29, 1.82) is 0 Å². The number of rotatable bonds is 5. The second-order valence-electron chi connectivity index (χ2n) is 5.10. The van der Waals surface area contributed by atoms with E-state index in [4.69, 9.17) is 5.73 Å². The van der Waals surface area contributed by atoms with E-state index in [1.807, 2.05) is 25.9 Å². The van der Waals surface area contributed by atoms with Crippen LogP contribution in [0.4, 0.5) is 0 Å². The van der Waals surface area contributed by atoms with Crippen molar-refractivity contribution < 1.29 is 4.79 Å². The molecule has 16 heavy (non-hydrogen) atoms. The van der Waals surface area contributed by atoms with Gasteiger partial charge in [-0.25, -0.2) is 0 Å². The third-order valence-electron chi connectivity index (χ3n) is 3.79. The predicted octanol–water partition coefficient (Wildman–Crippen LogP) is 0.572. The highest BCUT2D eigenvalue weighted by atomic mass is 16.2. The molecule has 0 aromatic carbocycles. The van der Waals surface area contributed by atoms with Crippen molar-refractivity contribution in [2.75, 3.05) is 27.2 Å². The Morgan fingerprint density at radius 2 is 2.31 bits per heavy atom. The maximum atomic E-state index is 12.3. The second kappa shape index (κ2) is 5.64. The molecule has 0 aromatic rings. The van der Waals surface area contributed by atoms with E-state index in [0.29, 0.717) is 0 Å². The molecule has 0 heterocycles. The van der Waals surface area contributed by atoms with Gasteiger partial charge in [-0.2, -0.15) is 0 Å². The summed E-state index contributed by atoms with van der Waals surface area (Å²) in [4.78, 5) is 14.1. The van der Waals surface area contributed by atoms with Gasteiger partial charge in [0.05, 0.1) is 5.41 Å². The van der Waals surface area contributed by atoms with Crippen molar-refractivity contribution in [3.05, 3.63) is 0 Å². The first-order valence-electron chi connectivity index (χ1n) is 6.18. The van der Waals surface area contributed by atoms with Crippen molar-refractivity contribution in [1.82, 2.24) is 10.2 Å². The molecule has 1 saturated carbocycles. The Morgan fingerprint density at radius 1 is 1.62 bits per heavy atom. The van der Waals surface area contributed by atoms with Crippen LogP contribution in [0.5, 0.6) is 0 Å². The Kier molecular flexibility index (Phi) is 4.74. The van der Waals surface area contributed by atoms with E-state index < -0.39 is 0 Å². The van der Waals surface area contributed by atoms with E-state index in [9.17, 15) is 4.79 Å². The van der Waals surface area contributed by atoms with Crippen LogP contribution in [0.25, 0.3) is 0 Å². The zero-order chi connectivity index (χ0) is 12.2. The molecular formula is C12H25N3O. The Labute approximate surface area is 98.6 Å². The maximum Gasteiger partial charge on any atom is 0.229 e. The van der Waals surface area contributed by atoms with Crippen molar-refractivity contribution in [2.24, 2.45) is 11.1 Å². The Hall–Kier alpha value is -0.610. The van der Waals surface area contributed by atoms with Crippen LogP contribution < -0.4 is 11.1 Å². The number of nitrogens with one attached hydrogen (secondary N) is 1. The second-order valence-corrected chi connectivity index (χ2v) is 5.10. The van der Waals surface area contributed by atoms with Crippen molar-refractivity contribution in [3.8, 4) is 0 Å². The lowest BCUT2D eigenvalue weighted by atomic mass is 9.83. The minimum absolute atomic E-state index is 0.0340. The van der Waals surface area contributed by atoms with Crippen molar-refractivity contribution in [2.45, 2.75) is 38.6 Å². The number of nitrogens with two attached hydrogens (primary N) is 1. The van der Waals surface area contributed by atoms with Crippen LogP contribution in [0.1, 0.15) is 32.6 Å². The van der Waals surface area contributed by atoms with Crippen LogP contribution in [0, 0.1) is 5.41 Å². The zero-order valence-electron chi connectivity index (χ0n) is 10.8. The normalized spacial score (nSPS) is 29.4. The monoisotopic (exact) mass is 227 g/mol. The number of hydrogen-bond acceptors (Lipinski definition) is 3. The predicted molar refractivity (Wildman–Crippen MR) is 66.1 cm³/mol. The van der Waals surface area contributed by atoms with Crippen LogP contribution in [-0.2, 0) is 4.79 Å². The molecule has 0 aliphatic heterocycles. The summed E-state index contributed by atoms with van der Waals surface area (Å²) < 4.78 is 0. The fourth-order valence-corrected chi connectivity index (χ4v) is 2.49. The fourth-order valence-electron chi connectivity index (χ4n) is 2.49. The smallest absolute Gasteiger partial charge is 0.229 e. The third-order valence-corrected chi connectivity index (χ3v) is 3.79. The van der Waals surface area contributed by atoms with E-state index in [0.717, 1.165) is 38.8 Å². The van der Waals surface area contributed by atoms with Gasteiger partial charge in [0.25, 0.3) is 0 Å². The third kappa shape index (κ3) is 2.74. The minimum Gasteiger partial charge on any atom is -0.345 e. The van der Waals surface area contributed by atoms with Gasteiger partial charge in [-0.1, -0.05) is 6.42 Å². The summed E-state index contributed by atoms with van der Waals surface area (Å²) in [7, 11) is 3.81. The molecule has 1 aliphatic carbocycles. The molecule has 0 radical (unpaired) electrons. The lowest BCUT2D eigenvalue weighted by Gasteiger charge is -2.32. The van der Waals surface area contributed by atoms with Gasteiger partial charge in [0.15, 0.2) is 0 Å². The SMILES string of the molecule is CNCCCN(C)C(=O)C1(C)CCCC1N. The van der Waals surface area contributed by atoms with Gasteiger partial charge in [-0.3, -0.25) is 4.79 Å². The Morgan fingerprint density at radius 3 is 2.81 bits per heavy atom. The Balaban J connectivity index is 2.49. The molecule has 1 amide bonds. The van der Waals surface area contributed by atoms with Crippen molar-refractivity contribution >= 4 is 5.91 Å². The molecule has 1 fully saturated rings. The highest BCUT2D eigenvalue weighted by molar-refractivity contribution is 5.83. The first-order chi connectivity index (χ1) is 7.52. The Bertz CT molecular complexity index is 244. The largest absolute Gasteiger partial charge is 0.345 e. The molecule has 0 aromatic heterocycles. The van der Waals surface area contributed by atoms with Gasteiger partial charge in [0.2, 0.25) is 5.91 Å². The highest BCUT2D eigenvalue weighted by Gasteiger charge is 2.44. The summed E-state index contributed by atoms with van der Waals surface area (Å²) in [5.41, 5.74) is 5.72. The summed E-state index contributed by atoms with van der Waals surface area (Å²) in [5.74, 6) is 0.216. The van der Waals surface area contributed by atoms with Crippen LogP contribution in [-0.4, -0.2) is 44.0 Å². The molecule has 0 spiro atoms. The first-order valence-corrected chi connectivity index (χ1v) is 6.18. The number of amides is 1. The minimum atomic E-state index is -0.325. The molecule has 2 atom stereocenters. The topological polar surface area (TPSA) is 58.4 Å². The summed E-state index contributed by atoms with van der Waals surface area (Å²) in [6, 6.07) is 0.0340. The van der Waals surface area contributed by atoms with E-state index in [-0.39, 0.29) is 17.4 Å². The summed E-state index contributed by atoms with van der Waals surface area (Å²) in [5, 5.41) is 3.09. The van der Waals surface area contributed by atoms with Gasteiger partial charge in [-0.15, -0.1) is 0 Å². The lowest BCUT2D eigenvalue weighted by molar-refractivity contribution is -0.140. The van der Waals surface area contributed by atoms with Crippen LogP contribution in [0.3, 0.4) is 0 Å². The summed E-state index contributed by atoms with van der Waals surface area (Å²) in [6.45, 7) is 3.77. The lowest BCUT2D eigenvalue weighted by Crippen LogP contribution is -2.48. The number of hydrogen-bond donors (Lipinski definition) is 2. The maximum absolute atomic E-state index is 12.3. The average molecular weight is 227 g/mol. The van der Waals surface area contributed by atoms with Crippen LogP contribution in [0.2, 0.25) is 0 Å². The molecule has 4 nitrogen and oxygen atoms in total. The van der Waals surface area contributed by atoms with E-state index in [2.05, 4.69) is 5.32 Å². The molecule has 1 aliphatic rings.